The number of carbonyl (C=O) groups excluding carboxylic acids is 1. The lowest BCUT2D eigenvalue weighted by Crippen LogP contribution is -2.12. The Labute approximate surface area is 133 Å². The topological polar surface area (TPSA) is 46.5 Å². The predicted molar refractivity (Wildman–Crippen MR) is 84.5 cm³/mol. The largest absolute Gasteiger partial charge is 0.508 e. The van der Waals surface area contributed by atoms with E-state index in [2.05, 4.69) is 0 Å². The lowest BCUT2D eigenvalue weighted by Gasteiger charge is -2.13. The highest BCUT2D eigenvalue weighted by molar-refractivity contribution is 7.95. The van der Waals surface area contributed by atoms with Crippen molar-refractivity contribution < 1.29 is 14.1 Å². The zero-order valence-electron chi connectivity index (χ0n) is 11.5. The first-order valence-electron chi connectivity index (χ1n) is 6.53. The molecule has 5 heteroatoms. The molecule has 0 aliphatic carbocycles. The Kier molecular flexibility index (Phi) is 5.53. The van der Waals surface area contributed by atoms with Crippen LogP contribution < -0.4 is 0 Å². The first-order chi connectivity index (χ1) is 10.1. The van der Waals surface area contributed by atoms with Crippen LogP contribution in [-0.2, 0) is 8.98 Å². The Balaban J connectivity index is 2.00. The third-order valence-electron chi connectivity index (χ3n) is 3.02. The smallest absolute Gasteiger partial charge is 0.325 e. The summed E-state index contributed by atoms with van der Waals surface area (Å²) in [4.78, 5) is 12.9. The Morgan fingerprint density at radius 1 is 1.19 bits per heavy atom. The van der Waals surface area contributed by atoms with E-state index in [4.69, 9.17) is 15.8 Å². The van der Waals surface area contributed by atoms with Crippen molar-refractivity contribution in [3.8, 4) is 5.75 Å². The van der Waals surface area contributed by atoms with Crippen LogP contribution in [0.15, 0.2) is 53.4 Å². The van der Waals surface area contributed by atoms with E-state index in [9.17, 15) is 9.90 Å². The normalized spacial score (nSPS) is 11.9. The molecule has 3 nitrogen and oxygen atoms in total. The average molecular weight is 323 g/mol. The highest BCUT2D eigenvalue weighted by atomic mass is 35.5. The molecule has 1 N–H and O–H groups in total. The summed E-state index contributed by atoms with van der Waals surface area (Å²) in [6.45, 7) is 1.94. The molecule has 0 radical (unpaired) electrons. The van der Waals surface area contributed by atoms with Gasteiger partial charge in [0.2, 0.25) is 0 Å². The van der Waals surface area contributed by atoms with E-state index >= 15 is 0 Å². The van der Waals surface area contributed by atoms with Crippen molar-refractivity contribution in [2.45, 2.75) is 24.2 Å². The zero-order valence-corrected chi connectivity index (χ0v) is 13.0. The van der Waals surface area contributed by atoms with Gasteiger partial charge in [-0.15, -0.1) is 0 Å². The van der Waals surface area contributed by atoms with Crippen LogP contribution in [0.25, 0.3) is 0 Å². The van der Waals surface area contributed by atoms with Gasteiger partial charge >= 0.3 is 5.97 Å². The number of benzene rings is 2. The van der Waals surface area contributed by atoms with Gasteiger partial charge in [-0.25, -0.2) is 0 Å². The van der Waals surface area contributed by atoms with Gasteiger partial charge in [-0.2, -0.15) is 0 Å². The van der Waals surface area contributed by atoms with Gasteiger partial charge in [-0.3, -0.25) is 4.79 Å². The molecule has 0 aliphatic rings. The first kappa shape index (κ1) is 15.7. The number of carbonyl (C=O) groups is 1. The minimum absolute atomic E-state index is 0.179. The van der Waals surface area contributed by atoms with Crippen LogP contribution in [0.1, 0.15) is 24.8 Å². The van der Waals surface area contributed by atoms with Crippen LogP contribution in [0.5, 0.6) is 5.75 Å². The molecule has 110 valence electrons. The molecule has 0 fully saturated rings. The average Bonchev–Trinajstić information content (AvgIpc) is 2.49. The number of hydrogen-bond acceptors (Lipinski definition) is 4. The monoisotopic (exact) mass is 322 g/mol. The molecule has 0 spiro atoms. The maximum atomic E-state index is 12.2. The lowest BCUT2D eigenvalue weighted by molar-refractivity contribution is -0.134. The number of phenols is 1. The second-order valence-corrected chi connectivity index (χ2v) is 5.73. The Bertz CT molecular complexity index is 596. The van der Waals surface area contributed by atoms with Crippen LogP contribution in [0.3, 0.4) is 0 Å². The van der Waals surface area contributed by atoms with Gasteiger partial charge in [0.15, 0.2) is 0 Å². The van der Waals surface area contributed by atoms with E-state index in [-0.39, 0.29) is 17.6 Å². The summed E-state index contributed by atoms with van der Waals surface area (Å²) in [7, 11) is 0. The van der Waals surface area contributed by atoms with Crippen LogP contribution >= 0.6 is 23.6 Å². The molecule has 0 amide bonds. The lowest BCUT2D eigenvalue weighted by atomic mass is 9.97. The fraction of sp³-hybridized carbons (Fsp3) is 0.188. The van der Waals surface area contributed by atoms with E-state index in [1.54, 1.807) is 36.4 Å². The number of rotatable bonds is 5. The number of phenolic OH excluding ortho intramolecular Hbond substituents is 1. The molecular formula is C16H15ClO3S. The predicted octanol–water partition coefficient (Wildman–Crippen LogP) is 4.79. The summed E-state index contributed by atoms with van der Waals surface area (Å²) in [5.41, 5.74) is 0.887. The maximum Gasteiger partial charge on any atom is 0.325 e. The zero-order chi connectivity index (χ0) is 15.2. The standard InChI is InChI=1S/C16H15ClO3S/c1-2-15(11-3-5-12(17)6-4-11)16(19)20-21-14-9-7-13(18)8-10-14/h3-10,15,18H,2H2,1H3. The Morgan fingerprint density at radius 3 is 2.38 bits per heavy atom. The van der Waals surface area contributed by atoms with Crippen molar-refractivity contribution in [2.24, 2.45) is 0 Å². The van der Waals surface area contributed by atoms with Gasteiger partial charge in [-0.05, 0) is 48.4 Å². The summed E-state index contributed by atoms with van der Waals surface area (Å²) in [5.74, 6) is -0.428. The van der Waals surface area contributed by atoms with Gasteiger partial charge in [-0.1, -0.05) is 30.7 Å². The van der Waals surface area contributed by atoms with E-state index in [0.717, 1.165) is 22.5 Å². The maximum absolute atomic E-state index is 12.2. The molecule has 0 aliphatic heterocycles. The molecule has 0 saturated heterocycles. The summed E-state index contributed by atoms with van der Waals surface area (Å²) in [6.07, 6.45) is 0.649. The molecule has 0 bridgehead atoms. The molecule has 0 saturated carbocycles. The molecule has 1 atom stereocenters. The quantitative estimate of drug-likeness (QED) is 0.804. The van der Waals surface area contributed by atoms with E-state index in [1.165, 1.54) is 0 Å². The third kappa shape index (κ3) is 4.41. The minimum Gasteiger partial charge on any atom is -0.508 e. The molecule has 0 heterocycles. The minimum atomic E-state index is -0.313. The molecule has 2 rings (SSSR count). The van der Waals surface area contributed by atoms with Gasteiger partial charge < -0.3 is 9.29 Å². The van der Waals surface area contributed by atoms with Crippen LogP contribution in [0.4, 0.5) is 0 Å². The fourth-order valence-corrected chi connectivity index (χ4v) is 2.55. The summed E-state index contributed by atoms with van der Waals surface area (Å²) in [6, 6.07) is 13.7. The molecule has 21 heavy (non-hydrogen) atoms. The molecule has 0 aromatic heterocycles. The van der Waals surface area contributed by atoms with Crippen molar-refractivity contribution in [3.63, 3.8) is 0 Å². The van der Waals surface area contributed by atoms with Crippen LogP contribution in [-0.4, -0.2) is 11.1 Å². The van der Waals surface area contributed by atoms with Gasteiger partial charge in [0.25, 0.3) is 0 Å². The van der Waals surface area contributed by atoms with E-state index < -0.39 is 0 Å². The third-order valence-corrected chi connectivity index (χ3v) is 3.99. The molecule has 2 aromatic rings. The van der Waals surface area contributed by atoms with Crippen molar-refractivity contribution in [1.82, 2.24) is 0 Å². The van der Waals surface area contributed by atoms with Crippen LogP contribution in [0.2, 0.25) is 5.02 Å². The molecular weight excluding hydrogens is 308 g/mol. The highest BCUT2D eigenvalue weighted by Crippen LogP contribution is 2.28. The summed E-state index contributed by atoms with van der Waals surface area (Å²) in [5, 5.41) is 9.84. The fourth-order valence-electron chi connectivity index (χ4n) is 1.88. The van der Waals surface area contributed by atoms with Gasteiger partial charge in [0.05, 0.1) is 18.0 Å². The molecule has 2 aromatic carbocycles. The SMILES string of the molecule is CCC(C(=O)OSc1ccc(O)cc1)c1ccc(Cl)cc1. The van der Waals surface area contributed by atoms with Crippen LogP contribution in [0, 0.1) is 0 Å². The molecule has 1 unspecified atom stereocenters. The number of hydrogen-bond donors (Lipinski definition) is 1. The van der Waals surface area contributed by atoms with E-state index in [1.807, 2.05) is 19.1 Å². The van der Waals surface area contributed by atoms with Crippen molar-refractivity contribution in [3.05, 3.63) is 59.1 Å². The number of halogens is 1. The van der Waals surface area contributed by atoms with Crippen molar-refractivity contribution >= 4 is 29.6 Å². The first-order valence-corrected chi connectivity index (χ1v) is 7.65. The second kappa shape index (κ2) is 7.38. The van der Waals surface area contributed by atoms with Crippen molar-refractivity contribution in [2.75, 3.05) is 0 Å². The number of aromatic hydroxyl groups is 1. The van der Waals surface area contributed by atoms with E-state index in [0.29, 0.717) is 11.4 Å². The van der Waals surface area contributed by atoms with Crippen molar-refractivity contribution in [1.29, 1.82) is 0 Å². The summed E-state index contributed by atoms with van der Waals surface area (Å²) < 4.78 is 5.27. The summed E-state index contributed by atoms with van der Waals surface area (Å²) >= 11 is 6.84. The van der Waals surface area contributed by atoms with Gasteiger partial charge in [0, 0.05) is 9.92 Å². The highest BCUT2D eigenvalue weighted by Gasteiger charge is 2.21. The Morgan fingerprint density at radius 2 is 1.81 bits per heavy atom. The van der Waals surface area contributed by atoms with Gasteiger partial charge in [0.1, 0.15) is 5.75 Å². The Hall–Kier alpha value is -1.65. The second-order valence-electron chi connectivity index (χ2n) is 4.49.